The summed E-state index contributed by atoms with van der Waals surface area (Å²) in [5.74, 6) is 1.06. The van der Waals surface area contributed by atoms with E-state index in [0.717, 1.165) is 10.2 Å². The first kappa shape index (κ1) is 19.5. The number of nitrogens with zero attached hydrogens (tertiary/aromatic N) is 2. The first-order valence-corrected chi connectivity index (χ1v) is 11.2. The third kappa shape index (κ3) is 3.85. The second-order valence-corrected chi connectivity index (χ2v) is 9.49. The van der Waals surface area contributed by atoms with Crippen LogP contribution in [0.3, 0.4) is 0 Å². The van der Waals surface area contributed by atoms with E-state index in [4.69, 9.17) is 14.2 Å². The molecule has 0 N–H and O–H groups in total. The van der Waals surface area contributed by atoms with Crippen molar-refractivity contribution in [3.63, 3.8) is 0 Å². The van der Waals surface area contributed by atoms with Crippen LogP contribution in [-0.4, -0.2) is 38.5 Å². The van der Waals surface area contributed by atoms with E-state index < -0.39 is 15.7 Å². The summed E-state index contributed by atoms with van der Waals surface area (Å²) in [6.07, 6.45) is -0.203. The minimum atomic E-state index is -3.59. The van der Waals surface area contributed by atoms with Crippen LogP contribution in [0.25, 0.3) is 10.2 Å². The van der Waals surface area contributed by atoms with Crippen LogP contribution < -0.4 is 19.0 Å². The molecule has 1 aliphatic rings. The number of aryl methyl sites for hydroxylation is 1. The number of fused-ring (bicyclic) bond motifs is 2. The van der Waals surface area contributed by atoms with Gasteiger partial charge in [-0.1, -0.05) is 11.3 Å². The highest BCUT2D eigenvalue weighted by atomic mass is 32.2. The number of amides is 1. The topological polar surface area (TPSA) is 96.2 Å². The zero-order chi connectivity index (χ0) is 20.6. The first-order valence-electron chi connectivity index (χ1n) is 8.71. The van der Waals surface area contributed by atoms with Crippen molar-refractivity contribution in [2.45, 2.75) is 11.3 Å². The van der Waals surface area contributed by atoms with Gasteiger partial charge in [-0.25, -0.2) is 8.42 Å². The minimum Gasteiger partial charge on any atom is -0.497 e. The number of ether oxygens (including phenoxy) is 3. The molecule has 2 heterocycles. The molecule has 8 nitrogen and oxygen atoms in total. The Kier molecular flexibility index (Phi) is 5.05. The third-order valence-electron chi connectivity index (χ3n) is 4.53. The van der Waals surface area contributed by atoms with Crippen molar-refractivity contribution in [3.8, 4) is 17.2 Å². The number of methoxy groups -OCH3 is 1. The number of sulfone groups is 1. The van der Waals surface area contributed by atoms with Gasteiger partial charge in [0.2, 0.25) is 12.7 Å². The highest BCUT2D eigenvalue weighted by Crippen LogP contribution is 2.36. The van der Waals surface area contributed by atoms with Crippen molar-refractivity contribution < 1.29 is 27.4 Å². The van der Waals surface area contributed by atoms with Crippen LogP contribution in [0.4, 0.5) is 0 Å². The number of aromatic nitrogens is 1. The van der Waals surface area contributed by atoms with Crippen molar-refractivity contribution in [1.29, 1.82) is 0 Å². The fourth-order valence-electron chi connectivity index (χ4n) is 2.91. The molecule has 1 aromatic heterocycles. The van der Waals surface area contributed by atoms with Crippen molar-refractivity contribution in [2.24, 2.45) is 12.0 Å². The van der Waals surface area contributed by atoms with E-state index >= 15 is 0 Å². The Morgan fingerprint density at radius 2 is 1.90 bits per heavy atom. The van der Waals surface area contributed by atoms with Crippen LogP contribution in [-0.2, 0) is 21.7 Å². The summed E-state index contributed by atoms with van der Waals surface area (Å²) < 4.78 is 43.3. The Hall–Kier alpha value is -2.85. The quantitative estimate of drug-likeness (QED) is 0.611. The van der Waals surface area contributed by atoms with Crippen LogP contribution in [0.15, 0.2) is 46.3 Å². The summed E-state index contributed by atoms with van der Waals surface area (Å²) in [6.45, 7) is 0.189. The number of benzene rings is 2. The second kappa shape index (κ2) is 7.53. The molecule has 10 heteroatoms. The lowest BCUT2D eigenvalue weighted by Crippen LogP contribution is -2.15. The lowest BCUT2D eigenvalue weighted by Gasteiger charge is -2.04. The molecule has 0 atom stereocenters. The third-order valence-corrected chi connectivity index (χ3v) is 7.35. The minimum absolute atomic E-state index is 0.146. The number of rotatable bonds is 5. The number of thiazole rings is 1. The average Bonchev–Trinajstić information content (AvgIpc) is 3.29. The Morgan fingerprint density at radius 3 is 2.59 bits per heavy atom. The number of hydrogen-bond donors (Lipinski definition) is 0. The van der Waals surface area contributed by atoms with Gasteiger partial charge >= 0.3 is 0 Å². The fraction of sp³-hybridized carbons (Fsp3) is 0.263. The van der Waals surface area contributed by atoms with Gasteiger partial charge in [0.15, 0.2) is 26.1 Å². The second-order valence-electron chi connectivity index (χ2n) is 6.37. The number of carbonyl (C=O) groups excluding carboxylic acids is 1. The molecule has 0 bridgehead atoms. The molecule has 152 valence electrons. The zero-order valence-corrected chi connectivity index (χ0v) is 17.4. The molecule has 2 aromatic carbocycles. The maximum Gasteiger partial charge on any atom is 0.249 e. The van der Waals surface area contributed by atoms with Crippen LogP contribution in [0, 0.1) is 0 Å². The standard InChI is InChI=1S/C19H18N2O6S2/c1-21-14-9-15-16(27-11-26-15)10-17(14)28-19(21)20-18(22)7-8-29(23,24)13-5-3-12(25-2)4-6-13/h3-6,9-10H,7-8,11H2,1-2H3. The van der Waals surface area contributed by atoms with E-state index in [1.807, 2.05) is 12.1 Å². The monoisotopic (exact) mass is 434 g/mol. The van der Waals surface area contributed by atoms with E-state index in [2.05, 4.69) is 4.99 Å². The van der Waals surface area contributed by atoms with Crippen LogP contribution >= 0.6 is 11.3 Å². The van der Waals surface area contributed by atoms with Gasteiger partial charge in [0.05, 0.1) is 28.0 Å². The maximum absolute atomic E-state index is 12.4. The van der Waals surface area contributed by atoms with E-state index in [1.54, 1.807) is 23.7 Å². The highest BCUT2D eigenvalue weighted by Gasteiger charge is 2.18. The molecule has 1 aliphatic heterocycles. The van der Waals surface area contributed by atoms with Crippen molar-refractivity contribution in [1.82, 2.24) is 4.57 Å². The van der Waals surface area contributed by atoms with Crippen LogP contribution in [0.1, 0.15) is 6.42 Å². The number of hydrogen-bond acceptors (Lipinski definition) is 7. The average molecular weight is 434 g/mol. The van der Waals surface area contributed by atoms with Crippen LogP contribution in [0.5, 0.6) is 17.2 Å². The summed E-state index contributed by atoms with van der Waals surface area (Å²) in [4.78, 5) is 17.0. The van der Waals surface area contributed by atoms with Gasteiger partial charge in [0.1, 0.15) is 5.75 Å². The van der Waals surface area contributed by atoms with Crippen molar-refractivity contribution in [2.75, 3.05) is 19.7 Å². The molecule has 29 heavy (non-hydrogen) atoms. The van der Waals surface area contributed by atoms with Gasteiger partial charge in [-0.15, -0.1) is 0 Å². The smallest absolute Gasteiger partial charge is 0.249 e. The van der Waals surface area contributed by atoms with E-state index in [0.29, 0.717) is 22.0 Å². The molecule has 0 unspecified atom stereocenters. The summed E-state index contributed by atoms with van der Waals surface area (Å²) in [5.41, 5.74) is 0.858. The number of carbonyl (C=O) groups is 1. The van der Waals surface area contributed by atoms with E-state index in [1.165, 1.54) is 30.6 Å². The molecular weight excluding hydrogens is 416 g/mol. The summed E-state index contributed by atoms with van der Waals surface area (Å²) in [6, 6.07) is 9.75. The maximum atomic E-state index is 12.4. The lowest BCUT2D eigenvalue weighted by atomic mass is 10.3. The normalized spacial score (nSPS) is 13.8. The van der Waals surface area contributed by atoms with E-state index in [-0.39, 0.29) is 23.9 Å². The largest absolute Gasteiger partial charge is 0.497 e. The molecule has 0 aliphatic carbocycles. The molecular formula is C19H18N2O6S2. The van der Waals surface area contributed by atoms with Crippen LogP contribution in [0.2, 0.25) is 0 Å². The Morgan fingerprint density at radius 1 is 1.21 bits per heavy atom. The van der Waals surface area contributed by atoms with Crippen molar-refractivity contribution in [3.05, 3.63) is 41.2 Å². The first-order chi connectivity index (χ1) is 13.9. The lowest BCUT2D eigenvalue weighted by molar-refractivity contribution is -0.117. The van der Waals surface area contributed by atoms with Gasteiger partial charge in [-0.3, -0.25) is 4.79 Å². The molecule has 0 saturated carbocycles. The Labute approximate surface area is 170 Å². The van der Waals surface area contributed by atoms with Gasteiger partial charge < -0.3 is 18.8 Å². The van der Waals surface area contributed by atoms with Gasteiger partial charge in [0, 0.05) is 25.6 Å². The molecule has 0 fully saturated rings. The van der Waals surface area contributed by atoms with Crippen molar-refractivity contribution >= 4 is 37.3 Å². The highest BCUT2D eigenvalue weighted by molar-refractivity contribution is 7.91. The fourth-order valence-corrected chi connectivity index (χ4v) is 5.18. The molecule has 4 rings (SSSR count). The SMILES string of the molecule is COc1ccc(S(=O)(=O)CCC(=O)N=c2sc3cc4c(cc3n2C)OCO4)cc1. The summed E-state index contributed by atoms with van der Waals surface area (Å²) >= 11 is 1.33. The Bertz CT molecular complexity index is 1260. The molecule has 3 aromatic rings. The molecule has 1 amide bonds. The van der Waals surface area contributed by atoms with Gasteiger partial charge in [0.25, 0.3) is 0 Å². The van der Waals surface area contributed by atoms with E-state index in [9.17, 15) is 13.2 Å². The van der Waals surface area contributed by atoms with Gasteiger partial charge in [-0.2, -0.15) is 4.99 Å². The molecule has 0 radical (unpaired) electrons. The Balaban J connectivity index is 1.53. The molecule has 0 saturated heterocycles. The predicted molar refractivity (Wildman–Crippen MR) is 107 cm³/mol. The summed E-state index contributed by atoms with van der Waals surface area (Å²) in [7, 11) is -0.289. The molecule has 0 spiro atoms. The zero-order valence-electron chi connectivity index (χ0n) is 15.7. The summed E-state index contributed by atoms with van der Waals surface area (Å²) in [5, 5.41) is 0. The van der Waals surface area contributed by atoms with Gasteiger partial charge in [-0.05, 0) is 24.3 Å². The predicted octanol–water partition coefficient (Wildman–Crippen LogP) is 2.27.